The van der Waals surface area contributed by atoms with Crippen LogP contribution in [0.15, 0.2) is 42.6 Å². The second-order valence-corrected chi connectivity index (χ2v) is 8.53. The maximum atomic E-state index is 12.6. The Kier molecular flexibility index (Phi) is 4.69. The van der Waals surface area contributed by atoms with Crippen LogP contribution in [0.3, 0.4) is 0 Å². The number of nitrogens with zero attached hydrogens (tertiary/aromatic N) is 4. The molecule has 28 heavy (non-hydrogen) atoms. The van der Waals surface area contributed by atoms with E-state index in [0.29, 0.717) is 24.3 Å². The molecule has 6 heteroatoms. The van der Waals surface area contributed by atoms with Crippen LogP contribution in [0.1, 0.15) is 31.4 Å². The zero-order valence-electron chi connectivity index (χ0n) is 16.2. The highest BCUT2D eigenvalue weighted by Gasteiger charge is 2.49. The van der Waals surface area contributed by atoms with Crippen molar-refractivity contribution in [1.29, 1.82) is 0 Å². The highest BCUT2D eigenvalue weighted by molar-refractivity contribution is 5.78. The predicted molar refractivity (Wildman–Crippen MR) is 106 cm³/mol. The molecule has 1 aromatic heterocycles. The minimum atomic E-state index is -0.0177. The first-order chi connectivity index (χ1) is 13.7. The van der Waals surface area contributed by atoms with Crippen LogP contribution < -0.4 is 0 Å². The number of benzene rings is 1. The Morgan fingerprint density at radius 3 is 2.75 bits per heavy atom. The summed E-state index contributed by atoms with van der Waals surface area (Å²) in [5.41, 5.74) is 2.26. The molecule has 5 rings (SSSR count). The van der Waals surface area contributed by atoms with Gasteiger partial charge in [-0.05, 0) is 49.3 Å². The molecule has 2 aromatic rings. The molecule has 1 aromatic carbocycles. The molecule has 6 nitrogen and oxygen atoms in total. The minimum Gasteiger partial charge on any atom is -0.394 e. The van der Waals surface area contributed by atoms with E-state index in [1.54, 1.807) is 0 Å². The zero-order valence-corrected chi connectivity index (χ0v) is 16.2. The van der Waals surface area contributed by atoms with Crippen LogP contribution in [0.4, 0.5) is 0 Å². The van der Waals surface area contributed by atoms with Crippen LogP contribution >= 0.6 is 0 Å². The summed E-state index contributed by atoms with van der Waals surface area (Å²) < 4.78 is 2.02. The number of fused-ring (bicyclic) bond motifs is 4. The number of rotatable bonds is 4. The number of carbonyl (C=O) groups is 1. The van der Waals surface area contributed by atoms with Gasteiger partial charge < -0.3 is 10.0 Å². The van der Waals surface area contributed by atoms with Gasteiger partial charge in [-0.15, -0.1) is 0 Å². The molecule has 3 aliphatic heterocycles. The average Bonchev–Trinajstić information content (AvgIpc) is 3.18. The number of hydrogen-bond acceptors (Lipinski definition) is 4. The van der Waals surface area contributed by atoms with Gasteiger partial charge in [-0.1, -0.05) is 18.2 Å². The van der Waals surface area contributed by atoms with Crippen molar-refractivity contribution in [1.82, 2.24) is 19.6 Å². The Labute approximate surface area is 165 Å². The lowest BCUT2D eigenvalue weighted by molar-refractivity contribution is -0.155. The Morgan fingerprint density at radius 2 is 1.93 bits per heavy atom. The number of carbonyl (C=O) groups excluding carboxylic acids is 1. The second kappa shape index (κ2) is 7.33. The zero-order chi connectivity index (χ0) is 19.1. The van der Waals surface area contributed by atoms with Crippen molar-refractivity contribution < 1.29 is 9.90 Å². The lowest BCUT2D eigenvalue weighted by Crippen LogP contribution is -2.65. The number of likely N-dealkylation sites (tertiary alicyclic amines) is 1. The summed E-state index contributed by atoms with van der Waals surface area (Å²) >= 11 is 0. The third-order valence-corrected chi connectivity index (χ3v) is 6.87. The number of amides is 1. The van der Waals surface area contributed by atoms with Crippen molar-refractivity contribution in [2.24, 2.45) is 11.8 Å². The van der Waals surface area contributed by atoms with E-state index >= 15 is 0 Å². The van der Waals surface area contributed by atoms with Gasteiger partial charge in [0.1, 0.15) is 0 Å². The van der Waals surface area contributed by atoms with Gasteiger partial charge in [0.15, 0.2) is 0 Å². The number of hydrogen-bond donors (Lipinski definition) is 1. The standard InChI is InChI=1S/C22H28N4O2/c27-15-21-17-11-16(20-7-4-8-22(28)25(20)21)12-24(13-17)14-19-9-10-23-26(19)18-5-2-1-3-6-18/h1-3,5-6,9-10,16-17,20-21,27H,4,7-8,11-15H2/t16-,17+,20+,21+/m1/s1. The molecule has 148 valence electrons. The van der Waals surface area contributed by atoms with Crippen molar-refractivity contribution in [3.63, 3.8) is 0 Å². The first-order valence-corrected chi connectivity index (χ1v) is 10.5. The molecule has 0 saturated carbocycles. The topological polar surface area (TPSA) is 61.6 Å². The van der Waals surface area contributed by atoms with Gasteiger partial charge in [-0.3, -0.25) is 9.69 Å². The van der Waals surface area contributed by atoms with Gasteiger partial charge in [-0.25, -0.2) is 4.68 Å². The fourth-order valence-corrected chi connectivity index (χ4v) is 5.72. The Balaban J connectivity index is 1.37. The summed E-state index contributed by atoms with van der Waals surface area (Å²) in [7, 11) is 0. The Hall–Kier alpha value is -2.18. The number of aliphatic hydroxyl groups excluding tert-OH is 1. The van der Waals surface area contributed by atoms with E-state index in [0.717, 1.165) is 44.6 Å². The summed E-state index contributed by atoms with van der Waals surface area (Å²) in [6.45, 7) is 2.87. The maximum absolute atomic E-state index is 12.6. The molecule has 0 spiro atoms. The SMILES string of the molecule is O=C1CCC[C@H]2[C@@H]3C[C@@H](CN(Cc4ccnn4-c4ccccc4)C3)[C@H](CO)N12. The molecule has 4 heterocycles. The number of aromatic nitrogens is 2. The average molecular weight is 380 g/mol. The summed E-state index contributed by atoms with van der Waals surface area (Å²) in [4.78, 5) is 17.1. The molecule has 3 saturated heterocycles. The first kappa shape index (κ1) is 17.9. The van der Waals surface area contributed by atoms with Crippen LogP contribution in [-0.2, 0) is 11.3 Å². The van der Waals surface area contributed by atoms with Crippen molar-refractivity contribution in [3.05, 3.63) is 48.3 Å². The van der Waals surface area contributed by atoms with Gasteiger partial charge >= 0.3 is 0 Å². The second-order valence-electron chi connectivity index (χ2n) is 8.53. The molecule has 0 radical (unpaired) electrons. The highest BCUT2D eigenvalue weighted by atomic mass is 16.3. The fraction of sp³-hybridized carbons (Fsp3) is 0.545. The molecule has 4 atom stereocenters. The van der Waals surface area contributed by atoms with Gasteiger partial charge in [-0.2, -0.15) is 5.10 Å². The summed E-state index contributed by atoms with van der Waals surface area (Å²) in [5.74, 6) is 1.12. The van der Waals surface area contributed by atoms with Crippen LogP contribution in [0.5, 0.6) is 0 Å². The third kappa shape index (κ3) is 3.05. The normalized spacial score (nSPS) is 30.3. The molecule has 3 aliphatic rings. The lowest BCUT2D eigenvalue weighted by atomic mass is 9.72. The van der Waals surface area contributed by atoms with Crippen molar-refractivity contribution in [3.8, 4) is 5.69 Å². The van der Waals surface area contributed by atoms with E-state index in [-0.39, 0.29) is 18.6 Å². The quantitative estimate of drug-likeness (QED) is 0.882. The van der Waals surface area contributed by atoms with Crippen LogP contribution in [0, 0.1) is 11.8 Å². The monoisotopic (exact) mass is 380 g/mol. The lowest BCUT2D eigenvalue weighted by Gasteiger charge is -2.56. The number of aliphatic hydroxyl groups is 1. The third-order valence-electron chi connectivity index (χ3n) is 6.87. The molecule has 2 bridgehead atoms. The van der Waals surface area contributed by atoms with E-state index in [9.17, 15) is 9.90 Å². The van der Waals surface area contributed by atoms with Gasteiger partial charge in [0.2, 0.25) is 5.91 Å². The van der Waals surface area contributed by atoms with E-state index in [2.05, 4.69) is 33.1 Å². The van der Waals surface area contributed by atoms with Crippen LogP contribution in [0.2, 0.25) is 0 Å². The molecular formula is C22H28N4O2. The maximum Gasteiger partial charge on any atom is 0.223 e. The van der Waals surface area contributed by atoms with E-state index in [1.165, 1.54) is 5.69 Å². The van der Waals surface area contributed by atoms with Crippen molar-refractivity contribution in [2.45, 2.75) is 44.3 Å². The summed E-state index contributed by atoms with van der Waals surface area (Å²) in [6, 6.07) is 12.6. The number of para-hydroxylation sites is 1. The fourth-order valence-electron chi connectivity index (χ4n) is 5.72. The van der Waals surface area contributed by atoms with Crippen LogP contribution in [-0.4, -0.2) is 62.4 Å². The minimum absolute atomic E-state index is 0.0177. The Morgan fingerprint density at radius 1 is 1.11 bits per heavy atom. The van der Waals surface area contributed by atoms with Crippen molar-refractivity contribution >= 4 is 5.91 Å². The van der Waals surface area contributed by atoms with E-state index in [1.807, 2.05) is 29.1 Å². The molecule has 0 unspecified atom stereocenters. The highest BCUT2D eigenvalue weighted by Crippen LogP contribution is 2.41. The predicted octanol–water partition coefficient (Wildman–Crippen LogP) is 2.07. The summed E-state index contributed by atoms with van der Waals surface area (Å²) in [6.07, 6.45) is 5.71. The molecular weight excluding hydrogens is 352 g/mol. The molecule has 3 fully saturated rings. The summed E-state index contributed by atoms with van der Waals surface area (Å²) in [5, 5.41) is 14.6. The number of piperidine rings is 3. The molecule has 1 N–H and O–H groups in total. The first-order valence-electron chi connectivity index (χ1n) is 10.5. The largest absolute Gasteiger partial charge is 0.394 e. The van der Waals surface area contributed by atoms with E-state index in [4.69, 9.17) is 0 Å². The molecule has 1 amide bonds. The van der Waals surface area contributed by atoms with E-state index < -0.39 is 0 Å². The smallest absolute Gasteiger partial charge is 0.223 e. The van der Waals surface area contributed by atoms with Gasteiger partial charge in [0.25, 0.3) is 0 Å². The Bertz CT molecular complexity index is 822. The van der Waals surface area contributed by atoms with Crippen molar-refractivity contribution in [2.75, 3.05) is 19.7 Å². The van der Waals surface area contributed by atoms with Gasteiger partial charge in [0, 0.05) is 38.3 Å². The van der Waals surface area contributed by atoms with Crippen LogP contribution in [0.25, 0.3) is 5.69 Å². The van der Waals surface area contributed by atoms with Gasteiger partial charge in [0.05, 0.1) is 24.0 Å². The molecule has 0 aliphatic carbocycles.